The standard InChI is InChI=1S/C14H19F2N/c15-13-5-4-12(10-14(13)16)3-1-2-11-6-8-17-9-7-11/h4-5,10-11,17H,1-3,6-9H2. The highest BCUT2D eigenvalue weighted by Gasteiger charge is 2.12. The van der Waals surface area contributed by atoms with Crippen LogP contribution in [0.5, 0.6) is 0 Å². The third-order valence-corrected chi connectivity index (χ3v) is 3.52. The minimum absolute atomic E-state index is 0.732. The van der Waals surface area contributed by atoms with Gasteiger partial charge in [-0.2, -0.15) is 0 Å². The predicted octanol–water partition coefficient (Wildman–Crippen LogP) is 3.29. The third-order valence-electron chi connectivity index (χ3n) is 3.52. The smallest absolute Gasteiger partial charge is 0.159 e. The van der Waals surface area contributed by atoms with Crippen LogP contribution in [0.15, 0.2) is 18.2 Å². The molecule has 1 N–H and O–H groups in total. The van der Waals surface area contributed by atoms with Crippen molar-refractivity contribution in [2.24, 2.45) is 5.92 Å². The van der Waals surface area contributed by atoms with Crippen LogP contribution in [-0.2, 0) is 6.42 Å². The van der Waals surface area contributed by atoms with Crippen LogP contribution in [0, 0.1) is 17.6 Å². The lowest BCUT2D eigenvalue weighted by molar-refractivity contribution is 0.347. The molecule has 94 valence electrons. The van der Waals surface area contributed by atoms with Gasteiger partial charge in [0.25, 0.3) is 0 Å². The summed E-state index contributed by atoms with van der Waals surface area (Å²) in [5, 5.41) is 3.35. The first-order chi connectivity index (χ1) is 8.25. The fourth-order valence-corrected chi connectivity index (χ4v) is 2.46. The van der Waals surface area contributed by atoms with Gasteiger partial charge in [0, 0.05) is 0 Å². The summed E-state index contributed by atoms with van der Waals surface area (Å²) < 4.78 is 25.7. The minimum atomic E-state index is -0.757. The first-order valence-electron chi connectivity index (χ1n) is 6.40. The molecule has 1 fully saturated rings. The van der Waals surface area contributed by atoms with Gasteiger partial charge in [0.15, 0.2) is 11.6 Å². The second-order valence-corrected chi connectivity index (χ2v) is 4.83. The molecule has 17 heavy (non-hydrogen) atoms. The molecule has 0 unspecified atom stereocenters. The van der Waals surface area contributed by atoms with E-state index in [0.717, 1.165) is 37.4 Å². The Morgan fingerprint density at radius 2 is 1.88 bits per heavy atom. The van der Waals surface area contributed by atoms with Gasteiger partial charge < -0.3 is 5.32 Å². The molecule has 1 aliphatic rings. The van der Waals surface area contributed by atoms with Crippen molar-refractivity contribution in [2.75, 3.05) is 13.1 Å². The largest absolute Gasteiger partial charge is 0.317 e. The van der Waals surface area contributed by atoms with E-state index in [-0.39, 0.29) is 0 Å². The second-order valence-electron chi connectivity index (χ2n) is 4.83. The van der Waals surface area contributed by atoms with Crippen LogP contribution in [-0.4, -0.2) is 13.1 Å². The van der Waals surface area contributed by atoms with Gasteiger partial charge in [-0.1, -0.05) is 12.5 Å². The Morgan fingerprint density at radius 3 is 2.59 bits per heavy atom. The third kappa shape index (κ3) is 3.77. The summed E-state index contributed by atoms with van der Waals surface area (Å²) in [7, 11) is 0. The monoisotopic (exact) mass is 239 g/mol. The maximum atomic E-state index is 13.0. The lowest BCUT2D eigenvalue weighted by atomic mass is 9.91. The summed E-state index contributed by atoms with van der Waals surface area (Å²) in [6.07, 6.45) is 5.60. The molecule has 1 saturated heterocycles. The molecular formula is C14H19F2N. The molecule has 0 saturated carbocycles. The second kappa shape index (κ2) is 6.10. The Hall–Kier alpha value is -0.960. The van der Waals surface area contributed by atoms with E-state index in [0.29, 0.717) is 0 Å². The average Bonchev–Trinajstić information content (AvgIpc) is 2.35. The first-order valence-corrected chi connectivity index (χ1v) is 6.40. The topological polar surface area (TPSA) is 12.0 Å². The zero-order chi connectivity index (χ0) is 12.1. The van der Waals surface area contributed by atoms with E-state index in [4.69, 9.17) is 0 Å². The van der Waals surface area contributed by atoms with Gasteiger partial charge in [0.05, 0.1) is 0 Å². The Balaban J connectivity index is 1.75. The van der Waals surface area contributed by atoms with E-state index in [2.05, 4.69) is 5.32 Å². The van der Waals surface area contributed by atoms with Gasteiger partial charge >= 0.3 is 0 Å². The Morgan fingerprint density at radius 1 is 1.12 bits per heavy atom. The van der Waals surface area contributed by atoms with E-state index in [9.17, 15) is 8.78 Å². The Labute approximate surface area is 101 Å². The molecule has 1 nitrogen and oxygen atoms in total. The number of piperidine rings is 1. The highest BCUT2D eigenvalue weighted by Crippen LogP contribution is 2.19. The number of benzene rings is 1. The Kier molecular flexibility index (Phi) is 4.49. The summed E-state index contributed by atoms with van der Waals surface area (Å²) in [6, 6.07) is 4.22. The molecule has 0 amide bonds. The van der Waals surface area contributed by atoms with Gasteiger partial charge in [-0.05, 0) is 62.4 Å². The van der Waals surface area contributed by atoms with Crippen LogP contribution < -0.4 is 5.32 Å². The van der Waals surface area contributed by atoms with Crippen molar-refractivity contribution >= 4 is 0 Å². The van der Waals surface area contributed by atoms with Crippen molar-refractivity contribution in [1.82, 2.24) is 5.32 Å². The summed E-state index contributed by atoms with van der Waals surface area (Å²) in [6.45, 7) is 2.24. The number of halogens is 2. The van der Waals surface area contributed by atoms with Crippen molar-refractivity contribution in [3.8, 4) is 0 Å². The van der Waals surface area contributed by atoms with Crippen molar-refractivity contribution in [3.63, 3.8) is 0 Å². The van der Waals surface area contributed by atoms with Crippen LogP contribution in [0.4, 0.5) is 8.78 Å². The molecule has 2 rings (SSSR count). The lowest BCUT2D eigenvalue weighted by Crippen LogP contribution is -2.27. The number of aryl methyl sites for hydroxylation is 1. The van der Waals surface area contributed by atoms with E-state index < -0.39 is 11.6 Å². The molecule has 1 aliphatic heterocycles. The molecule has 0 spiro atoms. The molecule has 0 bridgehead atoms. The average molecular weight is 239 g/mol. The molecule has 1 heterocycles. The van der Waals surface area contributed by atoms with Crippen molar-refractivity contribution in [2.45, 2.75) is 32.1 Å². The van der Waals surface area contributed by atoms with Crippen molar-refractivity contribution in [3.05, 3.63) is 35.4 Å². The first kappa shape index (κ1) is 12.5. The highest BCUT2D eigenvalue weighted by molar-refractivity contribution is 5.17. The van der Waals surface area contributed by atoms with Crippen LogP contribution in [0.1, 0.15) is 31.2 Å². The normalized spacial score (nSPS) is 17.3. The zero-order valence-corrected chi connectivity index (χ0v) is 10.0. The molecule has 0 aliphatic carbocycles. The molecule has 0 atom stereocenters. The predicted molar refractivity (Wildman–Crippen MR) is 64.9 cm³/mol. The lowest BCUT2D eigenvalue weighted by Gasteiger charge is -2.22. The maximum absolute atomic E-state index is 13.0. The van der Waals surface area contributed by atoms with Gasteiger partial charge in [0.2, 0.25) is 0 Å². The minimum Gasteiger partial charge on any atom is -0.317 e. The van der Waals surface area contributed by atoms with Crippen molar-refractivity contribution in [1.29, 1.82) is 0 Å². The fourth-order valence-electron chi connectivity index (χ4n) is 2.46. The molecule has 0 aromatic heterocycles. The van der Waals surface area contributed by atoms with Gasteiger partial charge in [-0.15, -0.1) is 0 Å². The van der Waals surface area contributed by atoms with Crippen molar-refractivity contribution < 1.29 is 8.78 Å². The molecule has 1 aromatic rings. The summed E-state index contributed by atoms with van der Waals surface area (Å²) >= 11 is 0. The zero-order valence-electron chi connectivity index (χ0n) is 10.0. The number of hydrogen-bond donors (Lipinski definition) is 1. The molecule has 3 heteroatoms. The van der Waals surface area contributed by atoms with Gasteiger partial charge in [-0.25, -0.2) is 8.78 Å². The molecular weight excluding hydrogens is 220 g/mol. The van der Waals surface area contributed by atoms with E-state index >= 15 is 0 Å². The summed E-state index contributed by atoms with van der Waals surface area (Å²) in [4.78, 5) is 0. The van der Waals surface area contributed by atoms with Crippen LogP contribution in [0.25, 0.3) is 0 Å². The van der Waals surface area contributed by atoms with E-state index in [1.807, 2.05) is 0 Å². The van der Waals surface area contributed by atoms with Gasteiger partial charge in [-0.3, -0.25) is 0 Å². The van der Waals surface area contributed by atoms with Crippen LogP contribution in [0.3, 0.4) is 0 Å². The summed E-state index contributed by atoms with van der Waals surface area (Å²) in [5.41, 5.74) is 0.901. The number of rotatable bonds is 4. The molecule has 1 aromatic carbocycles. The molecule has 0 radical (unpaired) electrons. The number of nitrogens with one attached hydrogen (secondary N) is 1. The number of hydrogen-bond acceptors (Lipinski definition) is 1. The highest BCUT2D eigenvalue weighted by atomic mass is 19.2. The fraction of sp³-hybridized carbons (Fsp3) is 0.571. The summed E-state index contributed by atoms with van der Waals surface area (Å²) in [5.74, 6) is -0.682. The van der Waals surface area contributed by atoms with E-state index in [1.165, 1.54) is 31.4 Å². The SMILES string of the molecule is Fc1ccc(CCCC2CCNCC2)cc1F. The van der Waals surface area contributed by atoms with Crippen LogP contribution in [0.2, 0.25) is 0 Å². The van der Waals surface area contributed by atoms with E-state index in [1.54, 1.807) is 6.07 Å². The van der Waals surface area contributed by atoms with Crippen LogP contribution >= 0.6 is 0 Å². The maximum Gasteiger partial charge on any atom is 0.159 e. The quantitative estimate of drug-likeness (QED) is 0.850. The van der Waals surface area contributed by atoms with Gasteiger partial charge in [0.1, 0.15) is 0 Å². The Bertz CT molecular complexity index is 359.